The van der Waals surface area contributed by atoms with Crippen LogP contribution in [0.25, 0.3) is 5.65 Å². The van der Waals surface area contributed by atoms with Crippen molar-refractivity contribution in [2.75, 3.05) is 18.4 Å². The molecule has 0 radical (unpaired) electrons. The maximum atomic E-state index is 11.4. The van der Waals surface area contributed by atoms with Gasteiger partial charge in [-0.15, -0.1) is 5.10 Å². The number of hydrogen-bond donors (Lipinski definition) is 2. The van der Waals surface area contributed by atoms with Gasteiger partial charge in [0.05, 0.1) is 5.02 Å². The predicted molar refractivity (Wildman–Crippen MR) is 72.2 cm³/mol. The summed E-state index contributed by atoms with van der Waals surface area (Å²) in [5.74, 6) is 0.926. The molecule has 0 aromatic carbocycles. The Bertz CT molecular complexity index is 607. The number of aromatic nitrogens is 3. The zero-order valence-electron chi connectivity index (χ0n) is 10.3. The molecule has 19 heavy (non-hydrogen) atoms. The molecule has 2 aromatic rings. The van der Waals surface area contributed by atoms with E-state index in [0.29, 0.717) is 24.1 Å². The highest BCUT2D eigenvalue weighted by molar-refractivity contribution is 6.30. The van der Waals surface area contributed by atoms with Gasteiger partial charge in [0.15, 0.2) is 5.65 Å². The molecule has 0 unspecified atom stereocenters. The lowest BCUT2D eigenvalue weighted by molar-refractivity contribution is -0.122. The second-order valence-electron chi connectivity index (χ2n) is 4.58. The number of halogens is 1. The lowest BCUT2D eigenvalue weighted by Crippen LogP contribution is -2.29. The third-order valence-electron chi connectivity index (χ3n) is 2.95. The fraction of sp³-hybridized carbons (Fsp3) is 0.417. The zero-order valence-corrected chi connectivity index (χ0v) is 11.0. The lowest BCUT2D eigenvalue weighted by atomic mass is 10.4. The zero-order chi connectivity index (χ0) is 13.2. The molecule has 2 heterocycles. The van der Waals surface area contributed by atoms with Crippen molar-refractivity contribution in [2.45, 2.75) is 12.8 Å². The number of anilines is 1. The Morgan fingerprint density at radius 3 is 3.05 bits per heavy atom. The van der Waals surface area contributed by atoms with Gasteiger partial charge in [-0.1, -0.05) is 11.6 Å². The van der Waals surface area contributed by atoms with Crippen LogP contribution in [0.2, 0.25) is 5.02 Å². The van der Waals surface area contributed by atoms with Gasteiger partial charge in [0, 0.05) is 25.2 Å². The van der Waals surface area contributed by atoms with Crippen LogP contribution in [0.3, 0.4) is 0 Å². The maximum Gasteiger partial charge on any atom is 0.243 e. The first kappa shape index (κ1) is 12.2. The fourth-order valence-electron chi connectivity index (χ4n) is 1.78. The van der Waals surface area contributed by atoms with Crippen molar-refractivity contribution in [3.8, 4) is 0 Å². The van der Waals surface area contributed by atoms with Crippen molar-refractivity contribution in [2.24, 2.45) is 5.92 Å². The largest absolute Gasteiger partial charge is 0.354 e. The van der Waals surface area contributed by atoms with Gasteiger partial charge in [0.1, 0.15) is 0 Å². The molecule has 0 aliphatic heterocycles. The molecule has 100 valence electrons. The first-order valence-corrected chi connectivity index (χ1v) is 6.64. The normalized spacial score (nSPS) is 14.6. The van der Waals surface area contributed by atoms with E-state index in [1.165, 1.54) is 0 Å². The van der Waals surface area contributed by atoms with E-state index in [1.807, 2.05) is 0 Å². The molecule has 0 spiro atoms. The number of nitrogens with zero attached hydrogens (tertiary/aromatic N) is 3. The Morgan fingerprint density at radius 2 is 2.26 bits per heavy atom. The predicted octanol–water partition coefficient (Wildman–Crippen LogP) is 1.32. The van der Waals surface area contributed by atoms with Crippen molar-refractivity contribution in [1.82, 2.24) is 19.9 Å². The average Bonchev–Trinajstić information content (AvgIpc) is 3.16. The van der Waals surface area contributed by atoms with E-state index >= 15 is 0 Å². The van der Waals surface area contributed by atoms with Crippen molar-refractivity contribution in [1.29, 1.82) is 0 Å². The molecule has 1 amide bonds. The highest BCUT2D eigenvalue weighted by Gasteiger charge is 2.28. The van der Waals surface area contributed by atoms with E-state index in [4.69, 9.17) is 11.6 Å². The molecule has 2 aromatic heterocycles. The van der Waals surface area contributed by atoms with Gasteiger partial charge in [-0.2, -0.15) is 4.98 Å². The van der Waals surface area contributed by atoms with Crippen LogP contribution in [-0.2, 0) is 4.79 Å². The Hall–Kier alpha value is -1.82. The van der Waals surface area contributed by atoms with Gasteiger partial charge in [0.25, 0.3) is 0 Å². The van der Waals surface area contributed by atoms with Crippen LogP contribution in [0, 0.1) is 5.92 Å². The van der Waals surface area contributed by atoms with Crippen molar-refractivity contribution < 1.29 is 4.79 Å². The third kappa shape index (κ3) is 2.96. The number of nitrogens with one attached hydrogen (secondary N) is 2. The smallest absolute Gasteiger partial charge is 0.243 e. The number of amides is 1. The number of rotatable bonds is 5. The quantitative estimate of drug-likeness (QED) is 0.810. The van der Waals surface area contributed by atoms with Crippen LogP contribution < -0.4 is 10.6 Å². The monoisotopic (exact) mass is 279 g/mol. The summed E-state index contributed by atoms with van der Waals surface area (Å²) in [4.78, 5) is 15.7. The fourth-order valence-corrected chi connectivity index (χ4v) is 1.94. The summed E-state index contributed by atoms with van der Waals surface area (Å²) >= 11 is 5.87. The topological polar surface area (TPSA) is 71.3 Å². The van der Waals surface area contributed by atoms with E-state index < -0.39 is 0 Å². The van der Waals surface area contributed by atoms with Gasteiger partial charge < -0.3 is 10.6 Å². The molecule has 3 rings (SSSR count). The van der Waals surface area contributed by atoms with Gasteiger partial charge >= 0.3 is 0 Å². The minimum Gasteiger partial charge on any atom is -0.354 e. The maximum absolute atomic E-state index is 11.4. The van der Waals surface area contributed by atoms with Gasteiger partial charge in [-0.3, -0.25) is 4.79 Å². The van der Waals surface area contributed by atoms with Crippen LogP contribution >= 0.6 is 11.6 Å². The number of fused-ring (bicyclic) bond motifs is 1. The Kier molecular flexibility index (Phi) is 3.25. The molecule has 1 aliphatic carbocycles. The molecule has 0 saturated heterocycles. The van der Waals surface area contributed by atoms with Gasteiger partial charge in [0.2, 0.25) is 11.9 Å². The molecule has 1 aliphatic rings. The Balaban J connectivity index is 1.52. The molecular weight excluding hydrogens is 266 g/mol. The molecule has 0 atom stereocenters. The summed E-state index contributed by atoms with van der Waals surface area (Å²) in [5.41, 5.74) is 0.730. The van der Waals surface area contributed by atoms with Crippen molar-refractivity contribution in [3.05, 3.63) is 23.4 Å². The van der Waals surface area contributed by atoms with Crippen LogP contribution in [0.1, 0.15) is 12.8 Å². The van der Waals surface area contributed by atoms with E-state index in [0.717, 1.165) is 18.5 Å². The van der Waals surface area contributed by atoms with Gasteiger partial charge in [-0.25, -0.2) is 4.52 Å². The molecule has 2 N–H and O–H groups in total. The first-order valence-electron chi connectivity index (χ1n) is 6.26. The minimum absolute atomic E-state index is 0.150. The second-order valence-corrected chi connectivity index (χ2v) is 5.01. The van der Waals surface area contributed by atoms with Gasteiger partial charge in [-0.05, 0) is 25.0 Å². The summed E-state index contributed by atoms with van der Waals surface area (Å²) < 4.78 is 1.62. The lowest BCUT2D eigenvalue weighted by Gasteiger charge is -2.03. The van der Waals surface area contributed by atoms with Crippen molar-refractivity contribution in [3.63, 3.8) is 0 Å². The summed E-state index contributed by atoms with van der Waals surface area (Å²) in [6.45, 7) is 1.18. The van der Waals surface area contributed by atoms with E-state index in [2.05, 4.69) is 20.7 Å². The number of carbonyl (C=O) groups excluding carboxylic acids is 1. The van der Waals surface area contributed by atoms with Crippen LogP contribution in [0.4, 0.5) is 5.95 Å². The molecule has 1 saturated carbocycles. The number of hydrogen-bond acceptors (Lipinski definition) is 4. The molecule has 7 heteroatoms. The molecule has 6 nitrogen and oxygen atoms in total. The van der Waals surface area contributed by atoms with Crippen LogP contribution in [0.15, 0.2) is 18.3 Å². The molecule has 1 fully saturated rings. The Morgan fingerprint density at radius 1 is 1.42 bits per heavy atom. The summed E-state index contributed by atoms with van der Waals surface area (Å²) in [6, 6.07) is 3.57. The molecular formula is C12H14ClN5O. The van der Waals surface area contributed by atoms with E-state index in [1.54, 1.807) is 22.8 Å². The Labute approximate surface area is 115 Å². The van der Waals surface area contributed by atoms with Crippen molar-refractivity contribution >= 4 is 29.1 Å². The van der Waals surface area contributed by atoms with Crippen LogP contribution in [-0.4, -0.2) is 33.6 Å². The summed E-state index contributed by atoms with van der Waals surface area (Å²) in [6.07, 6.45) is 3.74. The standard InChI is InChI=1S/C12H14ClN5O/c13-9-3-4-10-16-12(17-18(10)7-9)15-6-5-14-11(19)8-1-2-8/h3-4,7-8H,1-2,5-6H2,(H,14,19)(H,15,17). The number of carbonyl (C=O) groups is 1. The SMILES string of the molecule is O=C(NCCNc1nc2ccc(Cl)cn2n1)C1CC1. The van der Waals surface area contributed by atoms with E-state index in [9.17, 15) is 4.79 Å². The van der Waals surface area contributed by atoms with E-state index in [-0.39, 0.29) is 11.8 Å². The summed E-state index contributed by atoms with van der Waals surface area (Å²) in [5, 5.41) is 10.8. The van der Waals surface area contributed by atoms with Crippen LogP contribution in [0.5, 0.6) is 0 Å². The minimum atomic E-state index is 0.150. The third-order valence-corrected chi connectivity index (χ3v) is 3.17. The number of pyridine rings is 1. The highest BCUT2D eigenvalue weighted by Crippen LogP contribution is 2.28. The molecule has 0 bridgehead atoms. The summed E-state index contributed by atoms with van der Waals surface area (Å²) in [7, 11) is 0. The highest BCUT2D eigenvalue weighted by atomic mass is 35.5. The second kappa shape index (κ2) is 5.05. The average molecular weight is 280 g/mol. The first-order chi connectivity index (χ1) is 9.22.